The fourth-order valence-electron chi connectivity index (χ4n) is 1.91. The van der Waals surface area contributed by atoms with Gasteiger partial charge in [-0.15, -0.1) is 0 Å². The van der Waals surface area contributed by atoms with Gasteiger partial charge in [0.2, 0.25) is 0 Å². The molecule has 19 heavy (non-hydrogen) atoms. The van der Waals surface area contributed by atoms with Crippen molar-refractivity contribution in [2.45, 2.75) is 19.8 Å². The van der Waals surface area contributed by atoms with Crippen LogP contribution in [0.15, 0.2) is 35.1 Å². The number of benzene rings is 1. The smallest absolute Gasteiger partial charge is 0.257 e. The second-order valence-corrected chi connectivity index (χ2v) is 4.49. The van der Waals surface area contributed by atoms with Crippen LogP contribution in [0.3, 0.4) is 0 Å². The Balaban J connectivity index is 1.92. The number of nitrogens with one attached hydrogen (secondary N) is 2. The maximum absolute atomic E-state index is 11.8. The largest absolute Gasteiger partial charge is 0.380 e. The van der Waals surface area contributed by atoms with Crippen LogP contribution in [-0.4, -0.2) is 24.7 Å². The molecule has 1 heterocycles. The molecule has 0 aliphatic rings. The van der Waals surface area contributed by atoms with Gasteiger partial charge in [0, 0.05) is 18.5 Å². The molecular weight excluding hydrogens is 240 g/mol. The molecule has 0 bridgehead atoms. The molecule has 2 rings (SSSR count). The van der Waals surface area contributed by atoms with Gasteiger partial charge in [-0.1, -0.05) is 31.5 Å². The van der Waals surface area contributed by atoms with Crippen molar-refractivity contribution in [3.8, 4) is 0 Å². The number of hydrogen-bond acceptors (Lipinski definition) is 3. The van der Waals surface area contributed by atoms with Crippen molar-refractivity contribution in [3.63, 3.8) is 0 Å². The Morgan fingerprint density at radius 1 is 1.26 bits per heavy atom. The zero-order valence-corrected chi connectivity index (χ0v) is 11.2. The molecule has 2 N–H and O–H groups in total. The van der Waals surface area contributed by atoms with Crippen LogP contribution in [0, 0.1) is 0 Å². The first kappa shape index (κ1) is 13.6. The zero-order valence-electron chi connectivity index (χ0n) is 11.2. The highest BCUT2D eigenvalue weighted by atomic mass is 16.5. The van der Waals surface area contributed by atoms with Gasteiger partial charge >= 0.3 is 0 Å². The van der Waals surface area contributed by atoms with E-state index in [0.717, 1.165) is 30.7 Å². The number of H-pyrrole nitrogens is 1. The van der Waals surface area contributed by atoms with Crippen molar-refractivity contribution in [1.29, 1.82) is 0 Å². The molecule has 0 atom stereocenters. The quantitative estimate of drug-likeness (QED) is 0.753. The SMILES string of the molecule is CCCCOCCNc1cc2ccccc2c(=O)[nH]1. The van der Waals surface area contributed by atoms with E-state index in [-0.39, 0.29) is 5.56 Å². The highest BCUT2D eigenvalue weighted by Crippen LogP contribution is 2.12. The summed E-state index contributed by atoms with van der Waals surface area (Å²) < 4.78 is 5.46. The van der Waals surface area contributed by atoms with Gasteiger partial charge in [-0.25, -0.2) is 0 Å². The van der Waals surface area contributed by atoms with Crippen molar-refractivity contribution in [2.75, 3.05) is 25.1 Å². The summed E-state index contributed by atoms with van der Waals surface area (Å²) in [6, 6.07) is 9.51. The van der Waals surface area contributed by atoms with E-state index in [1.165, 1.54) is 0 Å². The Bertz CT molecular complexity index is 578. The molecule has 0 spiro atoms. The first-order valence-electron chi connectivity index (χ1n) is 6.75. The fourth-order valence-corrected chi connectivity index (χ4v) is 1.91. The third-order valence-electron chi connectivity index (χ3n) is 2.96. The van der Waals surface area contributed by atoms with Crippen LogP contribution in [0.2, 0.25) is 0 Å². The predicted molar refractivity (Wildman–Crippen MR) is 78.8 cm³/mol. The van der Waals surface area contributed by atoms with Gasteiger partial charge in [-0.2, -0.15) is 0 Å². The van der Waals surface area contributed by atoms with E-state index in [4.69, 9.17) is 4.74 Å². The fraction of sp³-hybridized carbons (Fsp3) is 0.400. The summed E-state index contributed by atoms with van der Waals surface area (Å²) in [5.74, 6) is 0.739. The molecular formula is C15H20N2O2. The Morgan fingerprint density at radius 2 is 2.11 bits per heavy atom. The topological polar surface area (TPSA) is 54.1 Å². The van der Waals surface area contributed by atoms with E-state index in [1.54, 1.807) is 0 Å². The summed E-state index contributed by atoms with van der Waals surface area (Å²) in [4.78, 5) is 14.7. The standard InChI is InChI=1S/C15H20N2O2/c1-2-3-9-19-10-8-16-14-11-12-6-4-5-7-13(12)15(18)17-14/h4-7,11H,2-3,8-10H2,1H3,(H2,16,17,18). The van der Waals surface area contributed by atoms with Gasteiger partial charge in [0.05, 0.1) is 6.61 Å². The zero-order chi connectivity index (χ0) is 13.5. The van der Waals surface area contributed by atoms with E-state index >= 15 is 0 Å². The lowest BCUT2D eigenvalue weighted by molar-refractivity contribution is 0.141. The molecule has 0 aliphatic heterocycles. The summed E-state index contributed by atoms with van der Waals surface area (Å²) in [6.45, 7) is 4.28. The summed E-state index contributed by atoms with van der Waals surface area (Å²) >= 11 is 0. The molecule has 1 aromatic carbocycles. The van der Waals surface area contributed by atoms with Gasteiger partial charge in [0.15, 0.2) is 0 Å². The second kappa shape index (κ2) is 6.95. The minimum atomic E-state index is -0.0625. The molecule has 0 radical (unpaired) electrons. The number of unbranched alkanes of at least 4 members (excludes halogenated alkanes) is 1. The Morgan fingerprint density at radius 3 is 2.95 bits per heavy atom. The molecule has 0 saturated carbocycles. The van der Waals surface area contributed by atoms with Crippen molar-refractivity contribution < 1.29 is 4.74 Å². The first-order chi connectivity index (χ1) is 9.31. The maximum atomic E-state index is 11.8. The van der Waals surface area contributed by atoms with E-state index in [0.29, 0.717) is 18.5 Å². The predicted octanol–water partition coefficient (Wildman–Crippen LogP) is 2.76. The molecule has 1 aromatic heterocycles. The molecule has 4 nitrogen and oxygen atoms in total. The minimum absolute atomic E-state index is 0.0625. The van der Waals surface area contributed by atoms with E-state index in [1.807, 2.05) is 30.3 Å². The monoisotopic (exact) mass is 260 g/mol. The van der Waals surface area contributed by atoms with Crippen molar-refractivity contribution >= 4 is 16.6 Å². The van der Waals surface area contributed by atoms with Crippen LogP contribution >= 0.6 is 0 Å². The maximum Gasteiger partial charge on any atom is 0.257 e. The highest BCUT2D eigenvalue weighted by Gasteiger charge is 2.00. The first-order valence-corrected chi connectivity index (χ1v) is 6.75. The van der Waals surface area contributed by atoms with Crippen LogP contribution in [-0.2, 0) is 4.74 Å². The van der Waals surface area contributed by atoms with Crippen molar-refractivity contribution in [3.05, 3.63) is 40.7 Å². The second-order valence-electron chi connectivity index (χ2n) is 4.49. The number of hydrogen-bond donors (Lipinski definition) is 2. The lowest BCUT2D eigenvalue weighted by atomic mass is 10.2. The average molecular weight is 260 g/mol. The number of ether oxygens (including phenoxy) is 1. The Hall–Kier alpha value is -1.81. The third-order valence-corrected chi connectivity index (χ3v) is 2.96. The van der Waals surface area contributed by atoms with Crippen LogP contribution in [0.1, 0.15) is 19.8 Å². The van der Waals surface area contributed by atoms with Crippen LogP contribution in [0.4, 0.5) is 5.82 Å². The van der Waals surface area contributed by atoms with Crippen LogP contribution in [0.25, 0.3) is 10.8 Å². The minimum Gasteiger partial charge on any atom is -0.380 e. The summed E-state index contributed by atoms with van der Waals surface area (Å²) in [7, 11) is 0. The lowest BCUT2D eigenvalue weighted by Gasteiger charge is -2.08. The third kappa shape index (κ3) is 3.83. The molecule has 0 saturated heterocycles. The van der Waals surface area contributed by atoms with Crippen LogP contribution < -0.4 is 10.9 Å². The Kier molecular flexibility index (Phi) is 4.98. The molecule has 2 aromatic rings. The number of anilines is 1. The van der Waals surface area contributed by atoms with Gasteiger partial charge in [0.25, 0.3) is 5.56 Å². The van der Waals surface area contributed by atoms with Gasteiger partial charge < -0.3 is 15.0 Å². The van der Waals surface area contributed by atoms with Crippen LogP contribution in [0.5, 0.6) is 0 Å². The number of aromatic amines is 1. The van der Waals surface area contributed by atoms with Crippen molar-refractivity contribution in [2.24, 2.45) is 0 Å². The molecule has 102 valence electrons. The lowest BCUT2D eigenvalue weighted by Crippen LogP contribution is -2.14. The molecule has 0 aliphatic carbocycles. The van der Waals surface area contributed by atoms with E-state index in [2.05, 4.69) is 17.2 Å². The average Bonchev–Trinajstić information content (AvgIpc) is 2.43. The normalized spacial score (nSPS) is 10.8. The van der Waals surface area contributed by atoms with E-state index < -0.39 is 0 Å². The number of aromatic nitrogens is 1. The Labute approximate surface area is 112 Å². The van der Waals surface area contributed by atoms with Gasteiger partial charge in [-0.05, 0) is 23.9 Å². The molecule has 0 unspecified atom stereocenters. The number of fused-ring (bicyclic) bond motifs is 1. The van der Waals surface area contributed by atoms with Gasteiger partial charge in [-0.3, -0.25) is 4.79 Å². The molecule has 0 amide bonds. The summed E-state index contributed by atoms with van der Waals surface area (Å²) in [5, 5.41) is 4.83. The summed E-state index contributed by atoms with van der Waals surface area (Å²) in [6.07, 6.45) is 2.23. The molecule has 0 fully saturated rings. The van der Waals surface area contributed by atoms with Crippen molar-refractivity contribution in [1.82, 2.24) is 4.98 Å². The van der Waals surface area contributed by atoms with E-state index in [9.17, 15) is 4.79 Å². The van der Waals surface area contributed by atoms with Gasteiger partial charge in [0.1, 0.15) is 5.82 Å². The molecule has 4 heteroatoms. The highest BCUT2D eigenvalue weighted by molar-refractivity contribution is 5.83. The summed E-state index contributed by atoms with van der Waals surface area (Å²) in [5.41, 5.74) is -0.0625. The number of rotatable bonds is 7. The number of pyridine rings is 1.